The average Bonchev–Trinajstić information content (AvgIpc) is 2.37. The van der Waals surface area contributed by atoms with Crippen molar-refractivity contribution >= 4 is 17.4 Å². The van der Waals surface area contributed by atoms with E-state index < -0.39 is 0 Å². The summed E-state index contributed by atoms with van der Waals surface area (Å²) in [6, 6.07) is 0. The van der Waals surface area contributed by atoms with Gasteiger partial charge in [0.15, 0.2) is 0 Å². The zero-order valence-electron chi connectivity index (χ0n) is 13.3. The van der Waals surface area contributed by atoms with E-state index in [0.29, 0.717) is 19.3 Å². The van der Waals surface area contributed by atoms with Gasteiger partial charge in [0.1, 0.15) is 5.78 Å². The minimum absolute atomic E-state index is 0.0459. The third kappa shape index (κ3) is 10.7. The van der Waals surface area contributed by atoms with Crippen molar-refractivity contribution in [3.8, 4) is 0 Å². The number of hydrazone groups is 1. The molecule has 0 aromatic carbocycles. The zero-order valence-corrected chi connectivity index (χ0v) is 13.3. The quantitative estimate of drug-likeness (QED) is 0.347. The Bertz CT molecular complexity index is 325. The van der Waals surface area contributed by atoms with Gasteiger partial charge in [-0.25, -0.2) is 5.43 Å². The van der Waals surface area contributed by atoms with Gasteiger partial charge in [-0.3, -0.25) is 4.79 Å². The molecule has 0 fully saturated rings. The molecule has 0 atom stereocenters. The molecule has 0 bridgehead atoms. The summed E-state index contributed by atoms with van der Waals surface area (Å²) in [6.45, 7) is 6.59. The maximum atomic E-state index is 11.6. The fourth-order valence-corrected chi connectivity index (χ4v) is 1.73. The van der Waals surface area contributed by atoms with Gasteiger partial charge in [-0.2, -0.15) is 5.10 Å². The van der Waals surface area contributed by atoms with Crippen LogP contribution in [-0.2, 0) is 9.59 Å². The summed E-state index contributed by atoms with van der Waals surface area (Å²) in [7, 11) is 1.93. The number of unbranched alkanes of at least 4 members (excludes halogenated alkanes) is 2. The Morgan fingerprint density at radius 3 is 2.30 bits per heavy atom. The van der Waals surface area contributed by atoms with Crippen molar-refractivity contribution in [2.45, 2.75) is 59.3 Å². The normalized spacial score (nSPS) is 11.8. The molecule has 0 aliphatic heterocycles. The fourth-order valence-electron chi connectivity index (χ4n) is 1.73. The van der Waals surface area contributed by atoms with Crippen molar-refractivity contribution < 1.29 is 9.59 Å². The molecule has 20 heavy (non-hydrogen) atoms. The van der Waals surface area contributed by atoms with E-state index in [2.05, 4.69) is 15.8 Å². The highest BCUT2D eigenvalue weighted by Crippen LogP contribution is 2.05. The highest BCUT2D eigenvalue weighted by atomic mass is 16.2. The number of ketones is 1. The number of nitrogens with zero attached hydrogens (tertiary/aromatic N) is 1. The van der Waals surface area contributed by atoms with Gasteiger partial charge in [0.05, 0.1) is 0 Å². The van der Waals surface area contributed by atoms with Crippen LogP contribution in [0.2, 0.25) is 0 Å². The molecule has 0 unspecified atom stereocenters. The minimum Gasteiger partial charge on any atom is -0.320 e. The van der Waals surface area contributed by atoms with Crippen LogP contribution in [0.15, 0.2) is 5.10 Å². The summed E-state index contributed by atoms with van der Waals surface area (Å²) >= 11 is 0. The summed E-state index contributed by atoms with van der Waals surface area (Å²) < 4.78 is 0. The number of carbonyl (C=O) groups excluding carboxylic acids is 2. The molecule has 0 rings (SSSR count). The van der Waals surface area contributed by atoms with Crippen LogP contribution in [-0.4, -0.2) is 31.0 Å². The third-order valence-corrected chi connectivity index (χ3v) is 3.05. The molecule has 2 N–H and O–H groups in total. The molecule has 0 heterocycles. The molecule has 0 aromatic rings. The summed E-state index contributed by atoms with van der Waals surface area (Å²) in [4.78, 5) is 22.6. The second-order valence-corrected chi connectivity index (χ2v) is 5.41. The maximum Gasteiger partial charge on any atom is 0.240 e. The number of nitrogens with one attached hydrogen (secondary N) is 2. The lowest BCUT2D eigenvalue weighted by Crippen LogP contribution is -2.21. The molecule has 1 amide bonds. The summed E-state index contributed by atoms with van der Waals surface area (Å²) in [6.07, 6.45) is 4.62. The largest absolute Gasteiger partial charge is 0.320 e. The number of hydrogen-bond acceptors (Lipinski definition) is 4. The molecule has 116 valence electrons. The number of Topliss-reactive ketones (excluding diaryl/α,β-unsaturated/α-hetero) is 1. The number of amides is 1. The smallest absolute Gasteiger partial charge is 0.240 e. The molecule has 0 spiro atoms. The minimum atomic E-state index is -0.0459. The predicted molar refractivity (Wildman–Crippen MR) is 82.7 cm³/mol. The number of carbonyl (C=O) groups is 2. The van der Waals surface area contributed by atoms with Crippen molar-refractivity contribution in [2.24, 2.45) is 11.0 Å². The van der Waals surface area contributed by atoms with Gasteiger partial charge in [-0.15, -0.1) is 0 Å². The van der Waals surface area contributed by atoms with Crippen molar-refractivity contribution in [3.05, 3.63) is 0 Å². The van der Waals surface area contributed by atoms with Crippen molar-refractivity contribution in [3.63, 3.8) is 0 Å². The fraction of sp³-hybridized carbons (Fsp3) is 0.800. The van der Waals surface area contributed by atoms with E-state index in [0.717, 1.165) is 31.5 Å². The Labute approximate surface area is 122 Å². The van der Waals surface area contributed by atoms with E-state index in [1.165, 1.54) is 0 Å². The molecule has 0 aromatic heterocycles. The second kappa shape index (κ2) is 11.6. The monoisotopic (exact) mass is 283 g/mol. The van der Waals surface area contributed by atoms with Crippen LogP contribution in [0.25, 0.3) is 0 Å². The lowest BCUT2D eigenvalue weighted by molar-refractivity contribution is -0.121. The van der Waals surface area contributed by atoms with Gasteiger partial charge in [-0.1, -0.05) is 20.3 Å². The molecular weight excluding hydrogens is 254 g/mol. The standard InChI is InChI=1S/C15H29N3O2/c1-12(2)14(10-9-13(3)19)17-18-15(20)8-6-5-7-11-16-4/h12,16H,5-11H2,1-4H3,(H,18,20)/b17-14-. The van der Waals surface area contributed by atoms with Gasteiger partial charge in [-0.05, 0) is 45.7 Å². The van der Waals surface area contributed by atoms with Gasteiger partial charge in [0.25, 0.3) is 0 Å². The Morgan fingerprint density at radius 1 is 1.05 bits per heavy atom. The zero-order chi connectivity index (χ0) is 15.4. The van der Waals surface area contributed by atoms with Crippen molar-refractivity contribution in [1.29, 1.82) is 0 Å². The van der Waals surface area contributed by atoms with Gasteiger partial charge >= 0.3 is 0 Å². The molecule has 0 saturated carbocycles. The maximum absolute atomic E-state index is 11.6. The first kappa shape index (κ1) is 18.8. The SMILES string of the molecule is CNCCCCCC(=O)N/N=C(/CCC(C)=O)C(C)C. The van der Waals surface area contributed by atoms with Crippen molar-refractivity contribution in [2.75, 3.05) is 13.6 Å². The van der Waals surface area contributed by atoms with Crippen molar-refractivity contribution in [1.82, 2.24) is 10.7 Å². The molecule has 0 aliphatic carbocycles. The molecule has 0 aliphatic rings. The van der Waals surface area contributed by atoms with E-state index in [1.807, 2.05) is 20.9 Å². The Morgan fingerprint density at radius 2 is 1.75 bits per heavy atom. The Balaban J connectivity index is 4.00. The molecule has 0 radical (unpaired) electrons. The molecule has 0 saturated heterocycles. The van der Waals surface area contributed by atoms with E-state index in [1.54, 1.807) is 6.92 Å². The number of rotatable bonds is 11. The number of hydrogen-bond donors (Lipinski definition) is 2. The van der Waals surface area contributed by atoms with E-state index in [4.69, 9.17) is 0 Å². The Kier molecular flexibility index (Phi) is 10.9. The van der Waals surface area contributed by atoms with Crippen LogP contribution in [0.4, 0.5) is 0 Å². The van der Waals surface area contributed by atoms with Crippen LogP contribution >= 0.6 is 0 Å². The summed E-state index contributed by atoms with van der Waals surface area (Å²) in [5, 5.41) is 7.24. The first-order valence-electron chi connectivity index (χ1n) is 7.46. The van der Waals surface area contributed by atoms with E-state index in [9.17, 15) is 9.59 Å². The molecule has 5 nitrogen and oxygen atoms in total. The van der Waals surface area contributed by atoms with Crippen LogP contribution in [0.3, 0.4) is 0 Å². The van der Waals surface area contributed by atoms with Crippen LogP contribution < -0.4 is 10.7 Å². The molecular formula is C15H29N3O2. The summed E-state index contributed by atoms with van der Waals surface area (Å²) in [5.74, 6) is 0.343. The summed E-state index contributed by atoms with van der Waals surface area (Å²) in [5.41, 5.74) is 3.48. The topological polar surface area (TPSA) is 70.6 Å². The van der Waals surface area contributed by atoms with Crippen LogP contribution in [0.1, 0.15) is 59.3 Å². The highest BCUT2D eigenvalue weighted by molar-refractivity contribution is 5.90. The lowest BCUT2D eigenvalue weighted by Gasteiger charge is -2.09. The second-order valence-electron chi connectivity index (χ2n) is 5.41. The average molecular weight is 283 g/mol. The van der Waals surface area contributed by atoms with Gasteiger partial charge in [0.2, 0.25) is 5.91 Å². The van der Waals surface area contributed by atoms with Gasteiger partial charge in [0, 0.05) is 18.6 Å². The third-order valence-electron chi connectivity index (χ3n) is 3.05. The molecule has 5 heteroatoms. The van der Waals surface area contributed by atoms with Crippen LogP contribution in [0.5, 0.6) is 0 Å². The van der Waals surface area contributed by atoms with Crippen LogP contribution in [0, 0.1) is 5.92 Å². The van der Waals surface area contributed by atoms with E-state index >= 15 is 0 Å². The Hall–Kier alpha value is -1.23. The first-order valence-corrected chi connectivity index (χ1v) is 7.46. The predicted octanol–water partition coefficient (Wildman–Crippen LogP) is 2.26. The van der Waals surface area contributed by atoms with Gasteiger partial charge < -0.3 is 10.1 Å². The highest BCUT2D eigenvalue weighted by Gasteiger charge is 2.08. The first-order chi connectivity index (χ1) is 9.47. The lowest BCUT2D eigenvalue weighted by atomic mass is 10.0. The van der Waals surface area contributed by atoms with E-state index in [-0.39, 0.29) is 17.6 Å².